The third-order valence-electron chi connectivity index (χ3n) is 5.11. The molecular weight excluding hydrogens is 338 g/mol. The van der Waals surface area contributed by atoms with Crippen molar-refractivity contribution in [3.63, 3.8) is 0 Å². The van der Waals surface area contributed by atoms with Gasteiger partial charge in [-0.05, 0) is 18.9 Å². The second-order valence-corrected chi connectivity index (χ2v) is 6.86. The van der Waals surface area contributed by atoms with E-state index >= 15 is 0 Å². The number of nitrogens with zero attached hydrogens (tertiary/aromatic N) is 2. The van der Waals surface area contributed by atoms with Gasteiger partial charge in [0, 0.05) is 25.1 Å². The van der Waals surface area contributed by atoms with Gasteiger partial charge in [-0.25, -0.2) is 0 Å². The normalized spacial score (nSPS) is 20.9. The number of benzene rings is 1. The zero-order valence-electron chi connectivity index (χ0n) is 14.8. The first-order valence-electron chi connectivity index (χ1n) is 8.92. The Hall–Kier alpha value is -2.64. The van der Waals surface area contributed by atoms with Crippen LogP contribution in [0.5, 0.6) is 5.75 Å². The molecule has 8 heteroatoms. The predicted molar refractivity (Wildman–Crippen MR) is 95.1 cm³/mol. The number of hydrogen-bond donors (Lipinski definition) is 1. The fourth-order valence-electron chi connectivity index (χ4n) is 3.68. The summed E-state index contributed by atoms with van der Waals surface area (Å²) in [4.78, 5) is 36.8. The van der Waals surface area contributed by atoms with E-state index in [2.05, 4.69) is 5.32 Å². The second-order valence-electron chi connectivity index (χ2n) is 6.86. The maximum absolute atomic E-state index is 12.5. The number of amides is 2. The number of anilines is 1. The molecule has 0 aromatic heterocycles. The lowest BCUT2D eigenvalue weighted by Gasteiger charge is -2.24. The van der Waals surface area contributed by atoms with Crippen molar-refractivity contribution in [2.24, 2.45) is 5.92 Å². The molecule has 1 heterocycles. The van der Waals surface area contributed by atoms with Crippen molar-refractivity contribution in [2.75, 3.05) is 18.6 Å². The lowest BCUT2D eigenvalue weighted by Crippen LogP contribution is -2.40. The molecule has 26 heavy (non-hydrogen) atoms. The topological polar surface area (TPSA) is 102 Å². The first kappa shape index (κ1) is 18.2. The van der Waals surface area contributed by atoms with E-state index in [1.165, 1.54) is 36.6 Å². The van der Waals surface area contributed by atoms with E-state index < -0.39 is 10.8 Å². The Balaban J connectivity index is 1.71. The van der Waals surface area contributed by atoms with Gasteiger partial charge in [-0.2, -0.15) is 0 Å². The Morgan fingerprint density at radius 2 is 2.04 bits per heavy atom. The number of nitro groups is 1. The van der Waals surface area contributed by atoms with Gasteiger partial charge in [-0.3, -0.25) is 19.7 Å². The van der Waals surface area contributed by atoms with Crippen molar-refractivity contribution in [3.8, 4) is 5.75 Å². The highest BCUT2D eigenvalue weighted by atomic mass is 16.6. The molecule has 1 atom stereocenters. The van der Waals surface area contributed by atoms with Crippen LogP contribution in [0, 0.1) is 16.0 Å². The van der Waals surface area contributed by atoms with Crippen molar-refractivity contribution in [3.05, 3.63) is 28.3 Å². The third-order valence-corrected chi connectivity index (χ3v) is 5.11. The van der Waals surface area contributed by atoms with Crippen LogP contribution in [0.25, 0.3) is 0 Å². The zero-order chi connectivity index (χ0) is 18.7. The predicted octanol–water partition coefficient (Wildman–Crippen LogP) is 2.41. The molecule has 140 valence electrons. The number of rotatable bonds is 5. The molecule has 2 amide bonds. The van der Waals surface area contributed by atoms with Crippen molar-refractivity contribution in [2.45, 2.75) is 44.6 Å². The molecule has 1 aromatic rings. The van der Waals surface area contributed by atoms with Crippen molar-refractivity contribution in [1.29, 1.82) is 0 Å². The summed E-state index contributed by atoms with van der Waals surface area (Å²) in [6.45, 7) is 0.256. The number of ether oxygens (including phenoxy) is 1. The molecule has 2 aliphatic rings. The van der Waals surface area contributed by atoms with Crippen LogP contribution < -0.4 is 15.0 Å². The molecule has 1 saturated carbocycles. The zero-order valence-corrected chi connectivity index (χ0v) is 14.8. The van der Waals surface area contributed by atoms with E-state index in [0.717, 1.165) is 25.7 Å². The van der Waals surface area contributed by atoms with E-state index in [9.17, 15) is 19.7 Å². The Morgan fingerprint density at radius 1 is 1.31 bits per heavy atom. The van der Waals surface area contributed by atoms with Crippen LogP contribution in [0.2, 0.25) is 0 Å². The average molecular weight is 361 g/mol. The SMILES string of the molecule is COc1cc([N+](=O)[O-])ccc1N1C[C@H](C(=O)NC2CCCCC2)CC1=O. The summed E-state index contributed by atoms with van der Waals surface area (Å²) in [5.41, 5.74) is 0.347. The van der Waals surface area contributed by atoms with Crippen molar-refractivity contribution < 1.29 is 19.2 Å². The standard InChI is InChI=1S/C18H23N3O5/c1-26-16-10-14(21(24)25)7-8-15(16)20-11-12(9-17(20)22)18(23)19-13-5-3-2-4-6-13/h7-8,10,12-13H,2-6,9,11H2,1H3,(H,19,23)/t12-/m1/s1. The lowest BCUT2D eigenvalue weighted by atomic mass is 9.95. The van der Waals surface area contributed by atoms with E-state index in [4.69, 9.17) is 4.74 Å². The van der Waals surface area contributed by atoms with Gasteiger partial charge >= 0.3 is 0 Å². The maximum Gasteiger partial charge on any atom is 0.273 e. The van der Waals surface area contributed by atoms with Crippen LogP contribution >= 0.6 is 0 Å². The largest absolute Gasteiger partial charge is 0.494 e. The molecular formula is C18H23N3O5. The summed E-state index contributed by atoms with van der Waals surface area (Å²) in [5.74, 6) is -0.431. The number of hydrogen-bond acceptors (Lipinski definition) is 5. The fourth-order valence-corrected chi connectivity index (χ4v) is 3.68. The molecule has 0 spiro atoms. The quantitative estimate of drug-likeness (QED) is 0.641. The summed E-state index contributed by atoms with van der Waals surface area (Å²) in [6.07, 6.45) is 5.58. The average Bonchev–Trinajstić information content (AvgIpc) is 3.03. The molecule has 1 aromatic carbocycles. The van der Waals surface area contributed by atoms with Crippen LogP contribution in [-0.2, 0) is 9.59 Å². The van der Waals surface area contributed by atoms with Gasteiger partial charge < -0.3 is 15.0 Å². The number of carbonyl (C=O) groups is 2. The van der Waals surface area contributed by atoms with Gasteiger partial charge in [0.05, 0.1) is 29.7 Å². The minimum absolute atomic E-state index is 0.0892. The van der Waals surface area contributed by atoms with E-state index in [-0.39, 0.29) is 42.3 Å². The molecule has 1 aliphatic carbocycles. The highest BCUT2D eigenvalue weighted by Gasteiger charge is 2.37. The van der Waals surface area contributed by atoms with Gasteiger partial charge in [0.2, 0.25) is 11.8 Å². The molecule has 1 aliphatic heterocycles. The maximum atomic E-state index is 12.5. The summed E-state index contributed by atoms with van der Waals surface area (Å²) >= 11 is 0. The molecule has 1 N–H and O–H groups in total. The van der Waals surface area contributed by atoms with E-state index in [1.807, 2.05) is 0 Å². The monoisotopic (exact) mass is 361 g/mol. The minimum Gasteiger partial charge on any atom is -0.494 e. The molecule has 0 unspecified atom stereocenters. The van der Waals surface area contributed by atoms with E-state index in [1.54, 1.807) is 0 Å². The number of nitrogens with one attached hydrogen (secondary N) is 1. The molecule has 3 rings (SSSR count). The summed E-state index contributed by atoms with van der Waals surface area (Å²) in [6, 6.07) is 4.32. The smallest absolute Gasteiger partial charge is 0.273 e. The van der Waals surface area contributed by atoms with Gasteiger partial charge in [0.25, 0.3) is 5.69 Å². The minimum atomic E-state index is -0.515. The van der Waals surface area contributed by atoms with Gasteiger partial charge in [0.15, 0.2) is 0 Å². The van der Waals surface area contributed by atoms with Crippen LogP contribution in [0.15, 0.2) is 18.2 Å². The highest BCUT2D eigenvalue weighted by Crippen LogP contribution is 2.35. The highest BCUT2D eigenvalue weighted by molar-refractivity contribution is 6.01. The van der Waals surface area contributed by atoms with Gasteiger partial charge in [-0.15, -0.1) is 0 Å². The first-order chi connectivity index (χ1) is 12.5. The first-order valence-corrected chi connectivity index (χ1v) is 8.92. The number of carbonyl (C=O) groups excluding carboxylic acids is 2. The number of non-ortho nitro benzene ring substituents is 1. The number of nitro benzene ring substituents is 1. The summed E-state index contributed by atoms with van der Waals surface area (Å²) in [5, 5.41) is 14.0. The van der Waals surface area contributed by atoms with Gasteiger partial charge in [-0.1, -0.05) is 19.3 Å². The Bertz CT molecular complexity index is 715. The molecule has 2 fully saturated rings. The Kier molecular flexibility index (Phi) is 5.39. The molecule has 8 nitrogen and oxygen atoms in total. The summed E-state index contributed by atoms with van der Waals surface area (Å²) < 4.78 is 5.22. The third kappa shape index (κ3) is 3.79. The molecule has 1 saturated heterocycles. The lowest BCUT2D eigenvalue weighted by molar-refractivity contribution is -0.384. The second kappa shape index (κ2) is 7.72. The number of methoxy groups -OCH3 is 1. The van der Waals surface area contributed by atoms with Crippen LogP contribution in [0.1, 0.15) is 38.5 Å². The van der Waals surface area contributed by atoms with Crippen LogP contribution in [0.3, 0.4) is 0 Å². The van der Waals surface area contributed by atoms with Crippen LogP contribution in [0.4, 0.5) is 11.4 Å². The van der Waals surface area contributed by atoms with E-state index in [0.29, 0.717) is 5.69 Å². The Morgan fingerprint density at radius 3 is 2.69 bits per heavy atom. The van der Waals surface area contributed by atoms with Crippen molar-refractivity contribution in [1.82, 2.24) is 5.32 Å². The summed E-state index contributed by atoms with van der Waals surface area (Å²) in [7, 11) is 1.40. The molecule has 0 radical (unpaired) electrons. The fraction of sp³-hybridized carbons (Fsp3) is 0.556. The molecule has 0 bridgehead atoms. The van der Waals surface area contributed by atoms with Crippen LogP contribution in [-0.4, -0.2) is 36.4 Å². The van der Waals surface area contributed by atoms with Gasteiger partial charge in [0.1, 0.15) is 5.75 Å². The van der Waals surface area contributed by atoms with Crippen molar-refractivity contribution >= 4 is 23.2 Å². The Labute approximate surface area is 151 Å².